The van der Waals surface area contributed by atoms with Crippen molar-refractivity contribution in [3.05, 3.63) is 15.4 Å². The highest BCUT2D eigenvalue weighted by Gasteiger charge is 2.30. The van der Waals surface area contributed by atoms with E-state index in [2.05, 4.69) is 26.1 Å². The van der Waals surface area contributed by atoms with Crippen LogP contribution in [0.4, 0.5) is 0 Å². The van der Waals surface area contributed by atoms with Crippen LogP contribution in [0, 0.1) is 6.92 Å². The van der Waals surface area contributed by atoms with E-state index >= 15 is 0 Å². The molecule has 20 heavy (non-hydrogen) atoms. The van der Waals surface area contributed by atoms with Gasteiger partial charge in [-0.25, -0.2) is 13.6 Å². The Kier molecular flexibility index (Phi) is 3.83. The summed E-state index contributed by atoms with van der Waals surface area (Å²) in [5.74, 6) is 0.500. The van der Waals surface area contributed by atoms with E-state index < -0.39 is 15.6 Å². The smallest absolute Gasteiger partial charge is 0.273 e. The van der Waals surface area contributed by atoms with E-state index in [0.717, 1.165) is 14.2 Å². The molecule has 6 nitrogen and oxygen atoms in total. The minimum Gasteiger partial charge on any atom is -0.291 e. The zero-order valence-corrected chi connectivity index (χ0v) is 14.7. The monoisotopic (exact) mass is 378 g/mol. The van der Waals surface area contributed by atoms with E-state index in [-0.39, 0.29) is 5.16 Å². The van der Waals surface area contributed by atoms with Crippen molar-refractivity contribution >= 4 is 37.3 Å². The fourth-order valence-corrected chi connectivity index (χ4v) is 4.07. The van der Waals surface area contributed by atoms with Crippen LogP contribution in [-0.4, -0.2) is 23.2 Å². The van der Waals surface area contributed by atoms with E-state index in [1.807, 2.05) is 33.8 Å². The third-order valence-corrected chi connectivity index (χ3v) is 5.54. The summed E-state index contributed by atoms with van der Waals surface area (Å²) in [6, 6.07) is 1.94. The Morgan fingerprint density at radius 3 is 2.35 bits per heavy atom. The van der Waals surface area contributed by atoms with Crippen molar-refractivity contribution in [2.24, 2.45) is 5.14 Å². The summed E-state index contributed by atoms with van der Waals surface area (Å²) >= 11 is 4.93. The highest BCUT2D eigenvalue weighted by atomic mass is 79.9. The summed E-state index contributed by atoms with van der Waals surface area (Å²) < 4.78 is 25.9. The lowest BCUT2D eigenvalue weighted by Gasteiger charge is -2.23. The molecule has 2 heterocycles. The van der Waals surface area contributed by atoms with Crippen LogP contribution in [0.25, 0.3) is 10.7 Å². The molecule has 0 aromatic carbocycles. The molecule has 0 amide bonds. The van der Waals surface area contributed by atoms with Crippen LogP contribution in [0.1, 0.15) is 26.3 Å². The molecule has 0 aliphatic carbocycles. The maximum absolute atomic E-state index is 11.7. The summed E-state index contributed by atoms with van der Waals surface area (Å²) in [6.45, 7) is 7.60. The second kappa shape index (κ2) is 4.90. The Bertz CT molecular complexity index is 736. The molecule has 0 radical (unpaired) electrons. The molecule has 2 rings (SSSR count). The van der Waals surface area contributed by atoms with Crippen LogP contribution in [0.2, 0.25) is 0 Å². The van der Waals surface area contributed by atoms with E-state index in [0.29, 0.717) is 5.82 Å². The highest BCUT2D eigenvalue weighted by molar-refractivity contribution is 9.11. The zero-order chi connectivity index (χ0) is 15.3. The van der Waals surface area contributed by atoms with Crippen LogP contribution >= 0.6 is 27.3 Å². The lowest BCUT2D eigenvalue weighted by Crippen LogP contribution is -2.29. The lowest BCUT2D eigenvalue weighted by molar-refractivity contribution is 0.366. The number of primary sulfonamides is 1. The van der Waals surface area contributed by atoms with Crippen LogP contribution < -0.4 is 5.14 Å². The SMILES string of the molecule is Cc1cc(-c2nnc(S(N)(=O)=O)n2C(C)(C)C)sc1Br. The molecule has 2 aromatic rings. The molecule has 0 fully saturated rings. The number of nitrogens with zero attached hydrogens (tertiary/aromatic N) is 3. The molecule has 2 N–H and O–H groups in total. The summed E-state index contributed by atoms with van der Waals surface area (Å²) in [5.41, 5.74) is 0.552. The third-order valence-electron chi connectivity index (χ3n) is 2.64. The van der Waals surface area contributed by atoms with Crippen molar-refractivity contribution in [3.63, 3.8) is 0 Å². The van der Waals surface area contributed by atoms with Gasteiger partial charge in [-0.1, -0.05) is 0 Å². The molecule has 0 saturated heterocycles. The third kappa shape index (κ3) is 2.80. The molecule has 0 saturated carbocycles. The molecule has 0 atom stereocenters. The predicted molar refractivity (Wildman–Crippen MR) is 82.1 cm³/mol. The lowest BCUT2D eigenvalue weighted by atomic mass is 10.1. The summed E-state index contributed by atoms with van der Waals surface area (Å²) in [4.78, 5) is 0.840. The van der Waals surface area contributed by atoms with Gasteiger partial charge in [-0.05, 0) is 55.3 Å². The van der Waals surface area contributed by atoms with Gasteiger partial charge in [-0.3, -0.25) is 4.57 Å². The van der Waals surface area contributed by atoms with Gasteiger partial charge in [-0.2, -0.15) is 0 Å². The standard InChI is InChI=1S/C11H15BrN4O2S2/c1-6-5-7(19-8(6)12)9-14-15-10(20(13,17)18)16(9)11(2,3)4/h5H,1-4H3,(H2,13,17,18). The van der Waals surface area contributed by atoms with Crippen LogP contribution in [0.15, 0.2) is 15.0 Å². The van der Waals surface area contributed by atoms with Crippen molar-refractivity contribution in [2.45, 2.75) is 38.4 Å². The normalized spacial score (nSPS) is 12.9. The Morgan fingerprint density at radius 2 is 1.95 bits per heavy atom. The maximum Gasteiger partial charge on any atom is 0.273 e. The summed E-state index contributed by atoms with van der Waals surface area (Å²) in [6.07, 6.45) is 0. The van der Waals surface area contributed by atoms with Gasteiger partial charge in [0.2, 0.25) is 0 Å². The van der Waals surface area contributed by atoms with Gasteiger partial charge in [0.1, 0.15) is 0 Å². The average molecular weight is 379 g/mol. The maximum atomic E-state index is 11.7. The number of hydrogen-bond acceptors (Lipinski definition) is 5. The van der Waals surface area contributed by atoms with Gasteiger partial charge in [0.15, 0.2) is 5.82 Å². The first-order valence-corrected chi connectivity index (χ1v) is 8.92. The van der Waals surface area contributed by atoms with Crippen LogP contribution in [0.5, 0.6) is 0 Å². The number of nitrogens with two attached hydrogens (primary N) is 1. The number of halogens is 1. The Labute approximate surface area is 130 Å². The second-order valence-corrected chi connectivity index (χ2v) is 9.25. The van der Waals surface area contributed by atoms with Gasteiger partial charge >= 0.3 is 0 Å². The molecular weight excluding hydrogens is 364 g/mol. The van der Waals surface area contributed by atoms with Gasteiger partial charge < -0.3 is 0 Å². The van der Waals surface area contributed by atoms with Crippen molar-refractivity contribution in [1.29, 1.82) is 0 Å². The van der Waals surface area contributed by atoms with Crippen molar-refractivity contribution in [3.8, 4) is 10.7 Å². The fourth-order valence-electron chi connectivity index (χ4n) is 1.79. The van der Waals surface area contributed by atoms with E-state index in [1.54, 1.807) is 4.57 Å². The van der Waals surface area contributed by atoms with Crippen LogP contribution in [0.3, 0.4) is 0 Å². The number of aryl methyl sites for hydroxylation is 1. The first kappa shape index (κ1) is 15.6. The van der Waals surface area contributed by atoms with Gasteiger partial charge in [0.05, 0.1) is 8.66 Å². The minimum absolute atomic E-state index is 0.220. The van der Waals surface area contributed by atoms with E-state index in [4.69, 9.17) is 5.14 Å². The van der Waals surface area contributed by atoms with Crippen molar-refractivity contribution in [1.82, 2.24) is 14.8 Å². The Balaban J connectivity index is 2.76. The number of rotatable bonds is 2. The summed E-state index contributed by atoms with van der Waals surface area (Å²) in [5, 5.41) is 12.8. The first-order valence-electron chi connectivity index (χ1n) is 5.77. The zero-order valence-electron chi connectivity index (χ0n) is 11.5. The fraction of sp³-hybridized carbons (Fsp3) is 0.455. The summed E-state index contributed by atoms with van der Waals surface area (Å²) in [7, 11) is -3.92. The van der Waals surface area contributed by atoms with E-state index in [1.165, 1.54) is 11.3 Å². The van der Waals surface area contributed by atoms with Crippen molar-refractivity contribution in [2.75, 3.05) is 0 Å². The van der Waals surface area contributed by atoms with Gasteiger partial charge in [0.25, 0.3) is 15.2 Å². The molecule has 9 heteroatoms. The predicted octanol–water partition coefficient (Wildman–Crippen LogP) is 2.48. The number of sulfonamides is 1. The second-order valence-electron chi connectivity index (χ2n) is 5.42. The molecule has 110 valence electrons. The van der Waals surface area contributed by atoms with E-state index in [9.17, 15) is 8.42 Å². The Hall–Kier alpha value is -0.770. The quantitative estimate of drug-likeness (QED) is 0.868. The molecule has 0 bridgehead atoms. The Morgan fingerprint density at radius 1 is 1.35 bits per heavy atom. The minimum atomic E-state index is -3.92. The van der Waals surface area contributed by atoms with Crippen LogP contribution in [-0.2, 0) is 15.6 Å². The molecular formula is C11H15BrN4O2S2. The molecule has 0 aliphatic rings. The number of hydrogen-bond donors (Lipinski definition) is 1. The van der Waals surface area contributed by atoms with Crippen molar-refractivity contribution < 1.29 is 8.42 Å². The molecule has 0 unspecified atom stereocenters. The van der Waals surface area contributed by atoms with Gasteiger partial charge in [-0.15, -0.1) is 21.5 Å². The highest BCUT2D eigenvalue weighted by Crippen LogP contribution is 2.36. The van der Waals surface area contributed by atoms with Gasteiger partial charge in [0, 0.05) is 5.54 Å². The topological polar surface area (TPSA) is 90.9 Å². The molecule has 0 spiro atoms. The molecule has 2 aromatic heterocycles. The number of aromatic nitrogens is 3. The number of thiophene rings is 1. The first-order chi connectivity index (χ1) is 9.01. The molecule has 0 aliphatic heterocycles. The average Bonchev–Trinajstić information content (AvgIpc) is 2.81. The largest absolute Gasteiger partial charge is 0.291 e.